The average Bonchev–Trinajstić information content (AvgIpc) is 2.36. The molecule has 0 aliphatic carbocycles. The number of nitrogens with zero attached hydrogens (tertiary/aromatic N) is 1. The predicted octanol–water partition coefficient (Wildman–Crippen LogP) is 1.95. The predicted molar refractivity (Wildman–Crippen MR) is 47.1 cm³/mol. The highest BCUT2D eigenvalue weighted by molar-refractivity contribution is 14.1. The van der Waals surface area contributed by atoms with Crippen LogP contribution in [0.1, 0.15) is 9.80 Å². The van der Waals surface area contributed by atoms with Gasteiger partial charge >= 0.3 is 0 Å². The van der Waals surface area contributed by atoms with Crippen molar-refractivity contribution in [3.63, 3.8) is 0 Å². The molecule has 1 atom stereocenters. The first-order valence-corrected chi connectivity index (χ1v) is 4.53. The van der Waals surface area contributed by atoms with Crippen molar-refractivity contribution in [2.24, 2.45) is 0 Å². The van der Waals surface area contributed by atoms with Crippen LogP contribution in [-0.2, 0) is 11.3 Å². The van der Waals surface area contributed by atoms with Gasteiger partial charge in [0, 0.05) is 12.7 Å². The molecule has 10 heavy (non-hydrogen) atoms. The quantitative estimate of drug-likeness (QED) is 0.506. The van der Waals surface area contributed by atoms with Crippen molar-refractivity contribution in [2.45, 2.75) is 10.7 Å². The highest BCUT2D eigenvalue weighted by Crippen LogP contribution is 2.27. The Morgan fingerprint density at radius 3 is 3.40 bits per heavy atom. The van der Waals surface area contributed by atoms with Crippen LogP contribution in [0.2, 0.25) is 0 Å². The van der Waals surface area contributed by atoms with Gasteiger partial charge in [0.25, 0.3) is 0 Å². The Balaban J connectivity index is 2.41. The number of ether oxygens (including phenoxy) is 1. The Hall–Kier alpha value is -0.0300. The molecule has 0 saturated heterocycles. The zero-order valence-electron chi connectivity index (χ0n) is 5.46. The molecular formula is C7H8INO. The van der Waals surface area contributed by atoms with E-state index in [2.05, 4.69) is 45.5 Å². The van der Waals surface area contributed by atoms with E-state index in [1.165, 1.54) is 5.69 Å². The molecule has 0 radical (unpaired) electrons. The van der Waals surface area contributed by atoms with E-state index >= 15 is 0 Å². The maximum absolute atomic E-state index is 5.43. The summed E-state index contributed by atoms with van der Waals surface area (Å²) in [5.41, 5.74) is 1.28. The first kappa shape index (κ1) is 6.67. The zero-order chi connectivity index (χ0) is 6.97. The van der Waals surface area contributed by atoms with Crippen LogP contribution >= 0.6 is 22.6 Å². The second-order valence-electron chi connectivity index (χ2n) is 2.31. The molecule has 1 aliphatic heterocycles. The molecule has 3 heteroatoms. The molecule has 0 aromatic carbocycles. The number of aromatic nitrogens is 1. The molecule has 1 aliphatic rings. The van der Waals surface area contributed by atoms with E-state index in [0.29, 0.717) is 0 Å². The summed E-state index contributed by atoms with van der Waals surface area (Å²) < 4.78 is 7.92. The van der Waals surface area contributed by atoms with Crippen LogP contribution in [0.15, 0.2) is 18.3 Å². The van der Waals surface area contributed by atoms with Gasteiger partial charge in [-0.1, -0.05) is 0 Å². The molecule has 0 N–H and O–H groups in total. The number of hydrogen-bond donors (Lipinski definition) is 0. The lowest BCUT2D eigenvalue weighted by Gasteiger charge is -2.20. The molecule has 0 amide bonds. The third-order valence-electron chi connectivity index (χ3n) is 1.69. The van der Waals surface area contributed by atoms with Crippen LogP contribution in [0.25, 0.3) is 0 Å². The minimum atomic E-state index is 0.251. The Kier molecular flexibility index (Phi) is 1.69. The summed E-state index contributed by atoms with van der Waals surface area (Å²) in [5.74, 6) is 0. The van der Waals surface area contributed by atoms with Crippen LogP contribution in [0, 0.1) is 0 Å². The van der Waals surface area contributed by atoms with Crippen molar-refractivity contribution >= 4 is 22.6 Å². The normalized spacial score (nSPS) is 24.3. The number of fused-ring (bicyclic) bond motifs is 1. The number of halogens is 1. The van der Waals surface area contributed by atoms with Crippen LogP contribution in [-0.4, -0.2) is 11.2 Å². The first-order chi connectivity index (χ1) is 4.88. The Bertz CT molecular complexity index is 233. The third kappa shape index (κ3) is 0.971. The van der Waals surface area contributed by atoms with Gasteiger partial charge in [-0.25, -0.2) is 0 Å². The standard InChI is InChI=1S/C7H8INO/c8-7-6-2-1-3-9(6)4-5-10-7/h1-3,7H,4-5H2. The summed E-state index contributed by atoms with van der Waals surface area (Å²) >= 11 is 2.30. The summed E-state index contributed by atoms with van der Waals surface area (Å²) in [7, 11) is 0. The monoisotopic (exact) mass is 249 g/mol. The molecule has 2 heterocycles. The second-order valence-corrected chi connectivity index (χ2v) is 3.44. The average molecular weight is 249 g/mol. The maximum Gasteiger partial charge on any atom is 0.148 e. The smallest absolute Gasteiger partial charge is 0.148 e. The van der Waals surface area contributed by atoms with Gasteiger partial charge in [-0.3, -0.25) is 0 Å². The lowest BCUT2D eigenvalue weighted by Crippen LogP contribution is -2.16. The molecule has 1 unspecified atom stereocenters. The molecular weight excluding hydrogens is 241 g/mol. The lowest BCUT2D eigenvalue weighted by molar-refractivity contribution is 0.0884. The molecule has 0 bridgehead atoms. The largest absolute Gasteiger partial charge is 0.360 e. The summed E-state index contributed by atoms with van der Waals surface area (Å²) in [5, 5.41) is 0. The Morgan fingerprint density at radius 1 is 1.70 bits per heavy atom. The first-order valence-electron chi connectivity index (χ1n) is 3.28. The van der Waals surface area contributed by atoms with E-state index in [4.69, 9.17) is 4.74 Å². The SMILES string of the molecule is IC1OCCn2cccc21. The van der Waals surface area contributed by atoms with Crippen molar-refractivity contribution in [3.05, 3.63) is 24.0 Å². The minimum Gasteiger partial charge on any atom is -0.360 e. The third-order valence-corrected chi connectivity index (χ3v) is 2.69. The molecule has 0 spiro atoms. The van der Waals surface area contributed by atoms with Gasteiger partial charge in [0.05, 0.1) is 12.3 Å². The fraction of sp³-hybridized carbons (Fsp3) is 0.429. The van der Waals surface area contributed by atoms with Crippen molar-refractivity contribution in [2.75, 3.05) is 6.61 Å². The van der Waals surface area contributed by atoms with Crippen LogP contribution in [0.4, 0.5) is 0 Å². The van der Waals surface area contributed by atoms with Crippen LogP contribution in [0.5, 0.6) is 0 Å². The van der Waals surface area contributed by atoms with Gasteiger partial charge in [-0.05, 0) is 34.7 Å². The zero-order valence-corrected chi connectivity index (χ0v) is 7.61. The molecule has 0 fully saturated rings. The highest BCUT2D eigenvalue weighted by Gasteiger charge is 2.15. The Labute approximate surface area is 73.3 Å². The molecule has 1 aromatic heterocycles. The van der Waals surface area contributed by atoms with E-state index in [9.17, 15) is 0 Å². The van der Waals surface area contributed by atoms with E-state index < -0.39 is 0 Å². The number of hydrogen-bond acceptors (Lipinski definition) is 1. The molecule has 54 valence electrons. The molecule has 2 rings (SSSR count). The second kappa shape index (κ2) is 2.54. The van der Waals surface area contributed by atoms with Crippen molar-refractivity contribution in [1.82, 2.24) is 4.57 Å². The van der Waals surface area contributed by atoms with Crippen LogP contribution < -0.4 is 0 Å². The van der Waals surface area contributed by atoms with Crippen molar-refractivity contribution < 1.29 is 4.74 Å². The molecule has 2 nitrogen and oxygen atoms in total. The van der Waals surface area contributed by atoms with Gasteiger partial charge < -0.3 is 9.30 Å². The van der Waals surface area contributed by atoms with Crippen molar-refractivity contribution in [3.8, 4) is 0 Å². The fourth-order valence-corrected chi connectivity index (χ4v) is 2.00. The van der Waals surface area contributed by atoms with Gasteiger partial charge in [0.15, 0.2) is 0 Å². The van der Waals surface area contributed by atoms with Gasteiger partial charge in [0.2, 0.25) is 0 Å². The van der Waals surface area contributed by atoms with Gasteiger partial charge in [0.1, 0.15) is 4.11 Å². The van der Waals surface area contributed by atoms with Crippen molar-refractivity contribution in [1.29, 1.82) is 0 Å². The summed E-state index contributed by atoms with van der Waals surface area (Å²) in [6.45, 7) is 1.84. The summed E-state index contributed by atoms with van der Waals surface area (Å²) in [4.78, 5) is 0. The maximum atomic E-state index is 5.43. The summed E-state index contributed by atoms with van der Waals surface area (Å²) in [6, 6.07) is 4.17. The topological polar surface area (TPSA) is 14.2 Å². The van der Waals surface area contributed by atoms with E-state index in [1.807, 2.05) is 0 Å². The minimum absolute atomic E-state index is 0.251. The van der Waals surface area contributed by atoms with E-state index in [-0.39, 0.29) is 4.11 Å². The Morgan fingerprint density at radius 2 is 2.60 bits per heavy atom. The lowest BCUT2D eigenvalue weighted by atomic mass is 10.4. The summed E-state index contributed by atoms with van der Waals surface area (Å²) in [6.07, 6.45) is 2.10. The number of rotatable bonds is 0. The fourth-order valence-electron chi connectivity index (χ4n) is 1.18. The van der Waals surface area contributed by atoms with Gasteiger partial charge in [-0.2, -0.15) is 0 Å². The van der Waals surface area contributed by atoms with E-state index in [0.717, 1.165) is 13.2 Å². The molecule has 0 saturated carbocycles. The molecule has 1 aromatic rings. The highest BCUT2D eigenvalue weighted by atomic mass is 127. The van der Waals surface area contributed by atoms with Gasteiger partial charge in [-0.15, -0.1) is 0 Å². The van der Waals surface area contributed by atoms with Crippen LogP contribution in [0.3, 0.4) is 0 Å². The number of alkyl halides is 1. The van der Waals surface area contributed by atoms with E-state index in [1.54, 1.807) is 0 Å².